The van der Waals surface area contributed by atoms with Crippen LogP contribution in [0.3, 0.4) is 0 Å². The van der Waals surface area contributed by atoms with Gasteiger partial charge in [0.2, 0.25) is 5.95 Å². The fourth-order valence-corrected chi connectivity index (χ4v) is 6.23. The van der Waals surface area contributed by atoms with Gasteiger partial charge in [-0.3, -0.25) is 4.90 Å². The van der Waals surface area contributed by atoms with Crippen LogP contribution in [0.1, 0.15) is 29.5 Å². The molecule has 0 atom stereocenters. The Morgan fingerprint density at radius 1 is 1.11 bits per heavy atom. The highest BCUT2D eigenvalue weighted by atomic mass is 79.9. The van der Waals surface area contributed by atoms with Crippen LogP contribution < -0.4 is 10.6 Å². The van der Waals surface area contributed by atoms with Gasteiger partial charge in [-0.15, -0.1) is 0 Å². The topological polar surface area (TPSA) is 87.2 Å². The molecule has 0 aliphatic carbocycles. The highest BCUT2D eigenvalue weighted by Gasteiger charge is 2.21. The lowest BCUT2D eigenvalue weighted by Gasteiger charge is -2.32. The van der Waals surface area contributed by atoms with Gasteiger partial charge >= 0.3 is 0 Å². The molecule has 11 heteroatoms. The van der Waals surface area contributed by atoms with Crippen LogP contribution >= 0.6 is 43.5 Å². The van der Waals surface area contributed by atoms with E-state index < -0.39 is 9.84 Å². The highest BCUT2D eigenvalue weighted by Crippen LogP contribution is 2.31. The molecule has 1 aliphatic heterocycles. The summed E-state index contributed by atoms with van der Waals surface area (Å²) in [5.41, 5.74) is 4.21. The number of aromatic nitrogens is 2. The lowest BCUT2D eigenvalue weighted by molar-refractivity contribution is 0.211. The summed E-state index contributed by atoms with van der Waals surface area (Å²) in [6, 6.07) is 9.37. The van der Waals surface area contributed by atoms with Crippen LogP contribution in [0.5, 0.6) is 0 Å². The molecule has 0 bridgehead atoms. The van der Waals surface area contributed by atoms with Crippen molar-refractivity contribution in [1.82, 2.24) is 14.9 Å². The molecule has 192 valence electrons. The number of nitrogens with zero attached hydrogens (tertiary/aromatic N) is 3. The Hall–Kier alpha value is -1.72. The van der Waals surface area contributed by atoms with Crippen LogP contribution in [-0.4, -0.2) is 48.7 Å². The molecule has 1 fully saturated rings. The van der Waals surface area contributed by atoms with Gasteiger partial charge in [0.25, 0.3) is 0 Å². The van der Waals surface area contributed by atoms with E-state index in [1.807, 2.05) is 6.07 Å². The summed E-state index contributed by atoms with van der Waals surface area (Å²) in [6.45, 7) is 6.59. The molecule has 3 aromatic rings. The predicted molar refractivity (Wildman–Crippen MR) is 153 cm³/mol. The van der Waals surface area contributed by atoms with Crippen LogP contribution in [0.2, 0.25) is 5.02 Å². The SMILES string of the molecule is Cc1cc(Br)cc(C)c1Nc1nc(NC2CCN(Cc3ccc(S(C)(=O)=O)cc3Cl)CC2)ncc1Br. The third kappa shape index (κ3) is 6.77. The zero-order valence-corrected chi connectivity index (χ0v) is 25.0. The quantitative estimate of drug-likeness (QED) is 0.300. The standard InChI is InChI=1S/C25H28Br2ClN5O2S/c1-15-10-18(26)11-16(2)23(15)31-24-21(27)13-29-25(32-24)30-19-6-8-33(9-7-19)14-17-4-5-20(12-22(17)28)36(3,34)35/h4-5,10-13,19H,6-9,14H2,1-3H3,(H2,29,30,31,32). The van der Waals surface area contributed by atoms with E-state index in [4.69, 9.17) is 16.6 Å². The number of likely N-dealkylation sites (tertiary alicyclic amines) is 1. The Kier molecular flexibility index (Phi) is 8.61. The van der Waals surface area contributed by atoms with Gasteiger partial charge in [0.1, 0.15) is 5.82 Å². The fraction of sp³-hybridized carbons (Fsp3) is 0.360. The van der Waals surface area contributed by atoms with Crippen LogP contribution in [0.15, 0.2) is 50.4 Å². The van der Waals surface area contributed by atoms with Crippen molar-refractivity contribution >= 4 is 70.8 Å². The van der Waals surface area contributed by atoms with Crippen molar-refractivity contribution < 1.29 is 8.42 Å². The van der Waals surface area contributed by atoms with E-state index in [-0.39, 0.29) is 10.9 Å². The Morgan fingerprint density at radius 2 is 1.78 bits per heavy atom. The largest absolute Gasteiger partial charge is 0.351 e. The summed E-state index contributed by atoms with van der Waals surface area (Å²) in [4.78, 5) is 11.8. The third-order valence-corrected chi connectivity index (χ3v) is 8.75. The van der Waals surface area contributed by atoms with Crippen molar-refractivity contribution in [2.24, 2.45) is 0 Å². The lowest BCUT2D eigenvalue weighted by Crippen LogP contribution is -2.39. The van der Waals surface area contributed by atoms with Crippen molar-refractivity contribution in [2.45, 2.75) is 44.2 Å². The number of aryl methyl sites for hydroxylation is 2. The summed E-state index contributed by atoms with van der Waals surface area (Å²) in [6.07, 6.45) is 4.82. The number of anilines is 3. The molecule has 0 saturated carbocycles. The van der Waals surface area contributed by atoms with Crippen molar-refractivity contribution in [2.75, 3.05) is 30.0 Å². The molecule has 2 aromatic carbocycles. The molecule has 0 spiro atoms. The second-order valence-corrected chi connectivity index (χ2v) is 13.3. The van der Waals surface area contributed by atoms with E-state index in [1.54, 1.807) is 12.3 Å². The van der Waals surface area contributed by atoms with Gasteiger partial charge in [0.15, 0.2) is 9.84 Å². The van der Waals surface area contributed by atoms with Gasteiger partial charge in [-0.1, -0.05) is 33.6 Å². The first kappa shape index (κ1) is 27.3. The van der Waals surface area contributed by atoms with Crippen LogP contribution in [-0.2, 0) is 16.4 Å². The number of benzene rings is 2. The number of rotatable bonds is 7. The van der Waals surface area contributed by atoms with Crippen molar-refractivity contribution in [3.8, 4) is 0 Å². The van der Waals surface area contributed by atoms with Gasteiger partial charge in [0, 0.05) is 53.3 Å². The molecule has 0 radical (unpaired) electrons. The minimum Gasteiger partial charge on any atom is -0.351 e. The summed E-state index contributed by atoms with van der Waals surface area (Å²) < 4.78 is 25.3. The summed E-state index contributed by atoms with van der Waals surface area (Å²) in [7, 11) is -3.27. The fourth-order valence-electron chi connectivity index (χ4n) is 4.30. The van der Waals surface area contributed by atoms with Gasteiger partial charge < -0.3 is 10.6 Å². The molecule has 4 rings (SSSR count). The smallest absolute Gasteiger partial charge is 0.224 e. The molecule has 7 nitrogen and oxygen atoms in total. The van der Waals surface area contributed by atoms with Gasteiger partial charge in [-0.2, -0.15) is 4.98 Å². The molecule has 1 aliphatic rings. The second kappa shape index (κ2) is 11.3. The average molecular weight is 658 g/mol. The monoisotopic (exact) mass is 655 g/mol. The highest BCUT2D eigenvalue weighted by molar-refractivity contribution is 9.10. The van der Waals surface area contributed by atoms with Crippen molar-refractivity contribution in [3.63, 3.8) is 0 Å². The van der Waals surface area contributed by atoms with E-state index in [0.29, 0.717) is 23.3 Å². The number of nitrogens with one attached hydrogen (secondary N) is 2. The average Bonchev–Trinajstić information content (AvgIpc) is 2.80. The molecule has 36 heavy (non-hydrogen) atoms. The Bertz CT molecular complexity index is 1360. The van der Waals surface area contributed by atoms with Gasteiger partial charge in [-0.05, 0) is 83.6 Å². The number of piperidine rings is 1. The molecular weight excluding hydrogens is 630 g/mol. The zero-order chi connectivity index (χ0) is 26.0. The van der Waals surface area contributed by atoms with E-state index in [0.717, 1.165) is 57.3 Å². The molecule has 1 saturated heterocycles. The summed E-state index contributed by atoms with van der Waals surface area (Å²) in [5, 5.41) is 7.42. The molecule has 2 N–H and O–H groups in total. The predicted octanol–water partition coefficient (Wildman–Crippen LogP) is 6.50. The van der Waals surface area contributed by atoms with Gasteiger partial charge in [0.05, 0.1) is 9.37 Å². The molecule has 0 amide bonds. The third-order valence-electron chi connectivity index (χ3n) is 6.25. The molecule has 0 unspecified atom stereocenters. The minimum absolute atomic E-state index is 0.243. The van der Waals surface area contributed by atoms with Crippen LogP contribution in [0.4, 0.5) is 17.5 Å². The van der Waals surface area contributed by atoms with E-state index in [2.05, 4.69) is 78.4 Å². The van der Waals surface area contributed by atoms with E-state index in [1.165, 1.54) is 12.3 Å². The van der Waals surface area contributed by atoms with E-state index >= 15 is 0 Å². The van der Waals surface area contributed by atoms with E-state index in [9.17, 15) is 8.42 Å². The Morgan fingerprint density at radius 3 is 2.39 bits per heavy atom. The molecule has 2 heterocycles. The second-order valence-electron chi connectivity index (χ2n) is 9.15. The number of hydrogen-bond donors (Lipinski definition) is 2. The first-order chi connectivity index (χ1) is 17.0. The molecular formula is C25H28Br2ClN5O2S. The van der Waals surface area contributed by atoms with Crippen molar-refractivity contribution in [1.29, 1.82) is 0 Å². The first-order valence-electron chi connectivity index (χ1n) is 11.5. The number of halogens is 3. The normalized spacial score (nSPS) is 15.2. The zero-order valence-electron chi connectivity index (χ0n) is 20.3. The first-order valence-corrected chi connectivity index (χ1v) is 15.4. The van der Waals surface area contributed by atoms with Crippen molar-refractivity contribution in [3.05, 3.63) is 67.2 Å². The lowest BCUT2D eigenvalue weighted by atomic mass is 10.0. The van der Waals surface area contributed by atoms with Gasteiger partial charge in [-0.25, -0.2) is 13.4 Å². The number of sulfone groups is 1. The maximum absolute atomic E-state index is 11.8. The van der Waals surface area contributed by atoms with Crippen LogP contribution in [0, 0.1) is 13.8 Å². The minimum atomic E-state index is -3.27. The number of hydrogen-bond acceptors (Lipinski definition) is 7. The Balaban J connectivity index is 1.36. The maximum Gasteiger partial charge on any atom is 0.224 e. The summed E-state index contributed by atoms with van der Waals surface area (Å²) in [5.74, 6) is 1.30. The summed E-state index contributed by atoms with van der Waals surface area (Å²) >= 11 is 13.5. The molecule has 1 aromatic heterocycles. The maximum atomic E-state index is 11.8. The Labute approximate surface area is 234 Å². The van der Waals surface area contributed by atoms with Crippen LogP contribution in [0.25, 0.3) is 0 Å².